The molecule has 0 aromatic heterocycles. The van der Waals surface area contributed by atoms with Crippen LogP contribution in [0.3, 0.4) is 0 Å². The fourth-order valence-corrected chi connectivity index (χ4v) is 1.83. The van der Waals surface area contributed by atoms with Crippen molar-refractivity contribution in [1.29, 1.82) is 0 Å². The highest BCUT2D eigenvalue weighted by molar-refractivity contribution is 6.32. The van der Waals surface area contributed by atoms with Crippen molar-refractivity contribution in [1.82, 2.24) is 0 Å². The third-order valence-electron chi connectivity index (χ3n) is 2.67. The molecule has 0 N–H and O–H groups in total. The second-order valence-corrected chi connectivity index (χ2v) is 4.81. The molecule has 1 unspecified atom stereocenters. The Balaban J connectivity index is 2.84. The molecule has 0 radical (unpaired) electrons. The van der Waals surface area contributed by atoms with Gasteiger partial charge >= 0.3 is 5.97 Å². The zero-order valence-electron chi connectivity index (χ0n) is 11.0. The first kappa shape index (κ1) is 14.8. The van der Waals surface area contributed by atoms with Gasteiger partial charge in [-0.15, -0.1) is 0 Å². The summed E-state index contributed by atoms with van der Waals surface area (Å²) in [7, 11) is 0. The summed E-state index contributed by atoms with van der Waals surface area (Å²) >= 11 is 6.06. The molecule has 2 nitrogen and oxygen atoms in total. The van der Waals surface area contributed by atoms with E-state index in [0.29, 0.717) is 11.6 Å². The summed E-state index contributed by atoms with van der Waals surface area (Å²) in [6.45, 7) is 6.21. The van der Waals surface area contributed by atoms with Gasteiger partial charge in [-0.3, -0.25) is 4.79 Å². The highest BCUT2D eigenvalue weighted by atomic mass is 35.5. The van der Waals surface area contributed by atoms with Gasteiger partial charge in [-0.05, 0) is 24.5 Å². The number of rotatable bonds is 5. The van der Waals surface area contributed by atoms with Crippen molar-refractivity contribution < 1.29 is 9.53 Å². The summed E-state index contributed by atoms with van der Waals surface area (Å²) in [5.41, 5.74) is 0.911. The minimum atomic E-state index is -0.235. The zero-order valence-corrected chi connectivity index (χ0v) is 11.8. The van der Waals surface area contributed by atoms with Gasteiger partial charge in [0.05, 0.1) is 12.5 Å². The molecule has 0 amide bonds. The van der Waals surface area contributed by atoms with Crippen molar-refractivity contribution in [2.75, 3.05) is 6.61 Å². The molecule has 1 atom stereocenters. The molecule has 18 heavy (non-hydrogen) atoms. The van der Waals surface area contributed by atoms with E-state index in [1.807, 2.05) is 57.2 Å². The molecule has 3 heteroatoms. The maximum absolute atomic E-state index is 11.8. The van der Waals surface area contributed by atoms with Crippen molar-refractivity contribution in [2.24, 2.45) is 11.8 Å². The summed E-state index contributed by atoms with van der Waals surface area (Å²) < 4.78 is 5.06. The lowest BCUT2D eigenvalue weighted by Gasteiger charge is -2.15. The van der Waals surface area contributed by atoms with Crippen LogP contribution >= 0.6 is 11.6 Å². The van der Waals surface area contributed by atoms with Gasteiger partial charge in [0.25, 0.3) is 0 Å². The quantitative estimate of drug-likeness (QED) is 0.747. The lowest BCUT2D eigenvalue weighted by molar-refractivity contribution is -0.147. The van der Waals surface area contributed by atoms with E-state index < -0.39 is 0 Å². The minimum absolute atomic E-state index is 0.184. The molecule has 0 heterocycles. The van der Waals surface area contributed by atoms with Gasteiger partial charge in [0.2, 0.25) is 0 Å². The maximum Gasteiger partial charge on any atom is 0.313 e. The molecule has 0 spiro atoms. The van der Waals surface area contributed by atoms with Crippen LogP contribution in [0.4, 0.5) is 0 Å². The molecule has 0 saturated heterocycles. The molecule has 0 aliphatic carbocycles. The predicted molar refractivity (Wildman–Crippen MR) is 75.4 cm³/mol. The van der Waals surface area contributed by atoms with Gasteiger partial charge in [-0.25, -0.2) is 0 Å². The normalized spacial score (nSPS) is 12.9. The molecular weight excluding hydrogens is 248 g/mol. The van der Waals surface area contributed by atoms with Crippen LogP contribution in [0.5, 0.6) is 0 Å². The largest absolute Gasteiger partial charge is 0.466 e. The molecule has 98 valence electrons. The van der Waals surface area contributed by atoms with E-state index in [-0.39, 0.29) is 17.8 Å². The van der Waals surface area contributed by atoms with E-state index in [2.05, 4.69) is 0 Å². The number of ether oxygens (including phenoxy) is 1. The fourth-order valence-electron chi connectivity index (χ4n) is 1.63. The first-order valence-electron chi connectivity index (χ1n) is 6.15. The van der Waals surface area contributed by atoms with Crippen molar-refractivity contribution >= 4 is 23.6 Å². The Kier molecular flexibility index (Phi) is 5.93. The summed E-state index contributed by atoms with van der Waals surface area (Å²) in [6, 6.07) is 7.54. The number of hydrogen-bond donors (Lipinski definition) is 0. The van der Waals surface area contributed by atoms with Crippen LogP contribution < -0.4 is 0 Å². The van der Waals surface area contributed by atoms with Crippen molar-refractivity contribution in [3.05, 3.63) is 40.9 Å². The van der Waals surface area contributed by atoms with Crippen LogP contribution in [0.15, 0.2) is 30.3 Å². The topological polar surface area (TPSA) is 26.3 Å². The fraction of sp³-hybridized carbons (Fsp3) is 0.400. The number of carbonyl (C=O) groups is 1. The average molecular weight is 267 g/mol. The van der Waals surface area contributed by atoms with E-state index in [1.165, 1.54) is 0 Å². The van der Waals surface area contributed by atoms with Crippen LogP contribution in [0.1, 0.15) is 26.3 Å². The highest BCUT2D eigenvalue weighted by Gasteiger charge is 2.20. The molecule has 0 fully saturated rings. The highest BCUT2D eigenvalue weighted by Crippen LogP contribution is 2.20. The Bertz CT molecular complexity index is 424. The van der Waals surface area contributed by atoms with Crippen LogP contribution in [0.2, 0.25) is 5.02 Å². The van der Waals surface area contributed by atoms with E-state index in [4.69, 9.17) is 16.3 Å². The number of hydrogen-bond acceptors (Lipinski definition) is 2. The van der Waals surface area contributed by atoms with Crippen LogP contribution in [0, 0.1) is 11.8 Å². The van der Waals surface area contributed by atoms with Gasteiger partial charge in [-0.2, -0.15) is 0 Å². The monoisotopic (exact) mass is 266 g/mol. The Hall–Kier alpha value is -1.28. The third-order valence-corrected chi connectivity index (χ3v) is 3.01. The van der Waals surface area contributed by atoms with Gasteiger partial charge in [0, 0.05) is 5.02 Å². The second kappa shape index (κ2) is 7.22. The molecule has 1 rings (SSSR count). The van der Waals surface area contributed by atoms with Gasteiger partial charge < -0.3 is 4.74 Å². The number of benzene rings is 1. The Labute approximate surface area is 114 Å². The lowest BCUT2D eigenvalue weighted by atomic mass is 9.95. The number of esters is 1. The average Bonchev–Trinajstić information content (AvgIpc) is 2.31. The Morgan fingerprint density at radius 2 is 2.06 bits per heavy atom. The summed E-state index contributed by atoms with van der Waals surface area (Å²) in [5.74, 6) is -0.222. The zero-order chi connectivity index (χ0) is 13.5. The van der Waals surface area contributed by atoms with Crippen LogP contribution in [-0.2, 0) is 9.53 Å². The molecule has 1 aromatic carbocycles. The van der Waals surface area contributed by atoms with Gasteiger partial charge in [0.1, 0.15) is 0 Å². The third kappa shape index (κ3) is 4.19. The minimum Gasteiger partial charge on any atom is -0.466 e. The van der Waals surface area contributed by atoms with Gasteiger partial charge in [-0.1, -0.05) is 55.8 Å². The molecule has 0 aliphatic rings. The molecule has 0 saturated carbocycles. The molecule has 0 bridgehead atoms. The van der Waals surface area contributed by atoms with E-state index in [0.717, 1.165) is 5.56 Å². The SMILES string of the molecule is CCOC(=O)C(/C=C/c1ccccc1Cl)C(C)C. The molecular formula is C15H19ClO2. The van der Waals surface area contributed by atoms with Crippen molar-refractivity contribution in [3.63, 3.8) is 0 Å². The van der Waals surface area contributed by atoms with Gasteiger partial charge in [0.15, 0.2) is 0 Å². The summed E-state index contributed by atoms with van der Waals surface area (Å²) in [4.78, 5) is 11.8. The van der Waals surface area contributed by atoms with E-state index >= 15 is 0 Å². The van der Waals surface area contributed by atoms with E-state index in [1.54, 1.807) is 0 Å². The first-order valence-corrected chi connectivity index (χ1v) is 6.53. The number of carbonyl (C=O) groups excluding carboxylic acids is 1. The number of halogens is 1. The lowest BCUT2D eigenvalue weighted by Crippen LogP contribution is -2.20. The van der Waals surface area contributed by atoms with Crippen molar-refractivity contribution in [2.45, 2.75) is 20.8 Å². The Morgan fingerprint density at radius 1 is 1.39 bits per heavy atom. The molecule has 1 aromatic rings. The summed E-state index contributed by atoms with van der Waals surface area (Å²) in [6.07, 6.45) is 3.74. The summed E-state index contributed by atoms with van der Waals surface area (Å²) in [5, 5.41) is 0.681. The standard InChI is InChI=1S/C15H19ClO2/c1-4-18-15(17)13(11(2)3)10-9-12-7-5-6-8-14(12)16/h5-11,13H,4H2,1-3H3/b10-9+. The first-order chi connectivity index (χ1) is 8.56. The van der Waals surface area contributed by atoms with Crippen LogP contribution in [0.25, 0.3) is 6.08 Å². The smallest absolute Gasteiger partial charge is 0.313 e. The molecule has 0 aliphatic heterocycles. The second-order valence-electron chi connectivity index (χ2n) is 4.40. The van der Waals surface area contributed by atoms with E-state index in [9.17, 15) is 4.79 Å². The van der Waals surface area contributed by atoms with Crippen LogP contribution in [-0.4, -0.2) is 12.6 Å². The maximum atomic E-state index is 11.8. The van der Waals surface area contributed by atoms with Crippen molar-refractivity contribution in [3.8, 4) is 0 Å². The Morgan fingerprint density at radius 3 is 2.61 bits per heavy atom. The predicted octanol–water partition coefficient (Wildman–Crippen LogP) is 4.19.